The number of ether oxygens (including phenoxy) is 3. The molecule has 93 heavy (non-hydrogen) atoms. The highest BCUT2D eigenvalue weighted by atomic mass is 19.3. The summed E-state index contributed by atoms with van der Waals surface area (Å²) in [5.74, 6) is 0.204. The van der Waals surface area contributed by atoms with E-state index in [9.17, 15) is 13.6 Å². The Morgan fingerprint density at radius 1 is 0.452 bits per heavy atom. The van der Waals surface area contributed by atoms with Crippen LogP contribution in [0.15, 0.2) is 184 Å². The molecule has 8 heterocycles. The molecule has 0 unspecified atom stereocenters. The molecule has 1 saturated carbocycles. The van der Waals surface area contributed by atoms with Crippen molar-refractivity contribution in [3.05, 3.63) is 207 Å². The van der Waals surface area contributed by atoms with E-state index in [0.29, 0.717) is 0 Å². The average Bonchev–Trinajstić information content (AvgIpc) is 2.54. The van der Waals surface area contributed by atoms with Crippen LogP contribution in [0.5, 0.6) is 0 Å². The van der Waals surface area contributed by atoms with Gasteiger partial charge in [-0.2, -0.15) is 5.10 Å². The van der Waals surface area contributed by atoms with Crippen LogP contribution in [0.4, 0.5) is 8.78 Å². The first kappa shape index (κ1) is 104. The SMILES string of the molecule is C1=CNCC1.C1=COCCC1.C1=Cc2ccccc2C1.C1CCCCC1.CC.CC.CC.CC.CC.CC.CC.CC.CC.CC.CC.FC1(F)OC=CO1.O=C1CCCN1.c1cc2c([nH]1)CCCC2.c1ccccc1.c1ccncc1.c1cnccn1.c1nc[nH]n1. The van der Waals surface area contributed by atoms with Gasteiger partial charge < -0.3 is 29.8 Å². The van der Waals surface area contributed by atoms with E-state index >= 15 is 0 Å². The summed E-state index contributed by atoms with van der Waals surface area (Å²) in [7, 11) is 0. The van der Waals surface area contributed by atoms with Crippen LogP contribution in [-0.2, 0) is 38.3 Å². The molecule has 0 atom stereocenters. The van der Waals surface area contributed by atoms with Gasteiger partial charge in [-0.25, -0.2) is 4.98 Å². The molecule has 0 bridgehead atoms. The van der Waals surface area contributed by atoms with Gasteiger partial charge in [-0.1, -0.05) is 276 Å². The number of benzene rings is 2. The summed E-state index contributed by atoms with van der Waals surface area (Å²) in [6.45, 7) is 46.9. The number of nitrogens with zero attached hydrogens (tertiary/aromatic N) is 5. The van der Waals surface area contributed by atoms with Gasteiger partial charge in [0.1, 0.15) is 25.2 Å². The summed E-state index contributed by atoms with van der Waals surface area (Å²) in [4.78, 5) is 28.2. The van der Waals surface area contributed by atoms with E-state index in [0.717, 1.165) is 51.5 Å². The summed E-state index contributed by atoms with van der Waals surface area (Å²) in [5, 5.41) is 11.7. The van der Waals surface area contributed by atoms with Gasteiger partial charge in [0, 0.05) is 68.6 Å². The third-order valence-electron chi connectivity index (χ3n) is 10.2. The van der Waals surface area contributed by atoms with E-state index in [1.165, 1.54) is 113 Å². The van der Waals surface area contributed by atoms with E-state index in [-0.39, 0.29) is 5.91 Å². The summed E-state index contributed by atoms with van der Waals surface area (Å²) >= 11 is 0. The van der Waals surface area contributed by atoms with Crippen LogP contribution in [0.25, 0.3) is 6.08 Å². The van der Waals surface area contributed by atoms with Gasteiger partial charge in [0.15, 0.2) is 0 Å². The number of rotatable bonds is 0. The number of aromatic nitrogens is 7. The molecule has 13 nitrogen and oxygen atoms in total. The highest BCUT2D eigenvalue weighted by molar-refractivity contribution is 5.77. The quantitative estimate of drug-likeness (QED) is 0.115. The number of carbonyl (C=O) groups excluding carboxylic acids is 1. The Morgan fingerprint density at radius 2 is 0.946 bits per heavy atom. The highest BCUT2D eigenvalue weighted by Gasteiger charge is 2.35. The van der Waals surface area contributed by atoms with Crippen molar-refractivity contribution in [2.75, 3.05) is 19.7 Å². The molecule has 2 aromatic carbocycles. The topological polar surface area (TPSA) is 165 Å². The van der Waals surface area contributed by atoms with E-state index in [2.05, 4.69) is 110 Å². The molecule has 534 valence electrons. The van der Waals surface area contributed by atoms with Crippen LogP contribution in [0.3, 0.4) is 0 Å². The maximum atomic E-state index is 11.4. The third kappa shape index (κ3) is 84.6. The molecule has 15 heteroatoms. The maximum Gasteiger partial charge on any atom is 0.585 e. The largest absolute Gasteiger partial charge is 0.585 e. The number of alkyl halides is 2. The molecule has 13 rings (SSSR count). The standard InChI is InChI=1S/C9H8.C8H11N.C6H12.C6H6.C5H5N.C5H8O.C4H4N2.C4H7NO.C4H7N.C3H2F2O2.C2H3N3.11C2H6/c1-2-5-9-7-3-6-8(9)4-1;1-2-4-8-7(3-1)5-6-9-8;4*1-2-4-6-5-3-1;1-2-6-4-3-5-1;6-4-2-1-3-5-4;1-2-4-5-3-1;4-3(5)6-1-2-7-3;1-3-2-5-4-1;11*1-2/h1-6H,7H2;5-6,9H,1-4H2;1-6H2;1-6H;1-5H;2,4H,1,3,5H2;1-4H;1-3H2,(H,5,6);1,3,5H,2,4H2;1-2H;1-2H,(H,3,4,5);11*1-2H3. The Hall–Kier alpha value is -7.42. The molecule has 3 aliphatic carbocycles. The molecule has 0 spiro atoms. The maximum absolute atomic E-state index is 11.4. The molecule has 0 radical (unpaired) electrons. The molecule has 2 fully saturated rings. The fourth-order valence-electron chi connectivity index (χ4n) is 6.61. The number of pyridine rings is 1. The number of H-pyrrole nitrogens is 2. The minimum atomic E-state index is -3.42. The Bertz CT molecular complexity index is 1980. The van der Waals surface area contributed by atoms with Gasteiger partial charge in [-0.3, -0.25) is 24.8 Å². The Morgan fingerprint density at radius 3 is 1.22 bits per heavy atom. The van der Waals surface area contributed by atoms with Gasteiger partial charge >= 0.3 is 6.29 Å². The second-order valence-corrected chi connectivity index (χ2v) is 15.8. The first-order chi connectivity index (χ1) is 46.0. The summed E-state index contributed by atoms with van der Waals surface area (Å²) < 4.78 is 35.0. The fourth-order valence-corrected chi connectivity index (χ4v) is 6.61. The molecule has 1 saturated heterocycles. The van der Waals surface area contributed by atoms with E-state index in [4.69, 9.17) is 4.74 Å². The zero-order valence-corrected chi connectivity index (χ0v) is 63.0. The Balaban J connectivity index is -0.000000116. The number of aromatic amines is 2. The van der Waals surface area contributed by atoms with Gasteiger partial charge in [-0.05, 0) is 105 Å². The van der Waals surface area contributed by atoms with E-state index in [1.807, 2.05) is 219 Å². The highest BCUT2D eigenvalue weighted by Crippen LogP contribution is 2.22. The van der Waals surface area contributed by atoms with Gasteiger partial charge in [-0.15, -0.1) is 8.78 Å². The van der Waals surface area contributed by atoms with Crippen molar-refractivity contribution >= 4 is 12.0 Å². The molecule has 1 amide bonds. The summed E-state index contributed by atoms with van der Waals surface area (Å²) in [5.41, 5.74) is 5.86. The van der Waals surface area contributed by atoms with Crippen LogP contribution >= 0.6 is 0 Å². The van der Waals surface area contributed by atoms with Crippen molar-refractivity contribution in [2.45, 2.75) is 261 Å². The van der Waals surface area contributed by atoms with E-state index in [1.54, 1.807) is 49.0 Å². The van der Waals surface area contributed by atoms with Gasteiger partial charge in [0.25, 0.3) is 0 Å². The van der Waals surface area contributed by atoms with Crippen LogP contribution < -0.4 is 10.6 Å². The van der Waals surface area contributed by atoms with Crippen molar-refractivity contribution in [3.63, 3.8) is 0 Å². The number of amides is 1. The number of nitrogens with one attached hydrogen (secondary N) is 4. The first-order valence-corrected chi connectivity index (χ1v) is 35.6. The number of aryl methyl sites for hydroxylation is 2. The number of carbonyl (C=O) groups is 1. The number of hydrogen-bond acceptors (Lipinski definition) is 10. The van der Waals surface area contributed by atoms with Gasteiger partial charge in [0.2, 0.25) is 5.91 Å². The molecule has 4 aliphatic heterocycles. The van der Waals surface area contributed by atoms with Crippen molar-refractivity contribution in [1.82, 2.24) is 45.8 Å². The summed E-state index contributed by atoms with van der Waals surface area (Å²) in [6.07, 6.45) is 46.3. The average molecular weight is 1310 g/mol. The number of hydrogen-bond donors (Lipinski definition) is 4. The minimum absolute atomic E-state index is 0.204. The van der Waals surface area contributed by atoms with Gasteiger partial charge in [0.05, 0.1) is 12.9 Å². The lowest BCUT2D eigenvalue weighted by molar-refractivity contribution is -0.329. The summed E-state index contributed by atoms with van der Waals surface area (Å²) in [6, 6.07) is 28.4. The molecule has 4 aromatic heterocycles. The monoisotopic (exact) mass is 1300 g/mol. The molecule has 4 N–H and O–H groups in total. The molecule has 6 aromatic rings. The zero-order valence-electron chi connectivity index (χ0n) is 63.0. The number of allylic oxidation sites excluding steroid dienone is 2. The minimum Gasteiger partial charge on any atom is -0.502 e. The van der Waals surface area contributed by atoms with Crippen molar-refractivity contribution in [1.29, 1.82) is 0 Å². The predicted octanol–water partition coefficient (Wildman–Crippen LogP) is 23.6. The lowest BCUT2D eigenvalue weighted by Gasteiger charge is -2.08. The fraction of sp³-hybridized carbons (Fsp3) is 0.538. The van der Waals surface area contributed by atoms with Crippen molar-refractivity contribution < 1.29 is 27.8 Å². The van der Waals surface area contributed by atoms with Crippen LogP contribution in [0.1, 0.15) is 258 Å². The Labute approximate surface area is 570 Å². The molecular formula is C78H139F2N9O4. The lowest BCUT2D eigenvalue weighted by Crippen LogP contribution is -2.14. The predicted molar refractivity (Wildman–Crippen MR) is 403 cm³/mol. The Kier molecular flexibility index (Phi) is 116. The third-order valence-corrected chi connectivity index (χ3v) is 10.2. The second kappa shape index (κ2) is 103. The first-order valence-electron chi connectivity index (χ1n) is 35.6. The molecule has 7 aliphatic rings. The van der Waals surface area contributed by atoms with E-state index < -0.39 is 6.29 Å². The molecular weight excluding hydrogens is 1160 g/mol. The van der Waals surface area contributed by atoms with Crippen LogP contribution in [-0.4, -0.2) is 67.0 Å². The van der Waals surface area contributed by atoms with Crippen LogP contribution in [0.2, 0.25) is 0 Å². The number of halogens is 2. The zero-order chi connectivity index (χ0) is 72.2. The smallest absolute Gasteiger partial charge is 0.502 e. The number of fused-ring (bicyclic) bond motifs is 2. The lowest BCUT2D eigenvalue weighted by atomic mass is 9.98. The van der Waals surface area contributed by atoms with Crippen molar-refractivity contribution in [3.8, 4) is 0 Å². The van der Waals surface area contributed by atoms with Crippen LogP contribution in [0, 0.1) is 0 Å². The normalized spacial score (nSPS) is 12.7. The second-order valence-electron chi connectivity index (χ2n) is 15.8. The van der Waals surface area contributed by atoms with Crippen molar-refractivity contribution in [2.24, 2.45) is 0 Å².